The van der Waals surface area contributed by atoms with Crippen molar-refractivity contribution in [2.45, 2.75) is 32.7 Å². The maximum absolute atomic E-state index is 5.52. The molecule has 4 nitrogen and oxygen atoms in total. The fourth-order valence-corrected chi connectivity index (χ4v) is 3.50. The largest absolute Gasteiger partial charge is 0.379 e. The molecule has 122 valence electrons. The van der Waals surface area contributed by atoms with Gasteiger partial charge in [-0.05, 0) is 13.3 Å². The minimum absolute atomic E-state index is 0.386. The summed E-state index contributed by atoms with van der Waals surface area (Å²) >= 11 is 0. The third-order valence-corrected chi connectivity index (χ3v) is 4.73. The van der Waals surface area contributed by atoms with E-state index in [1.165, 1.54) is 29.8 Å². The molecule has 0 bridgehead atoms. The van der Waals surface area contributed by atoms with E-state index in [1.807, 2.05) is 0 Å². The number of rotatable bonds is 4. The zero-order valence-electron chi connectivity index (χ0n) is 14.0. The fourth-order valence-electron chi connectivity index (χ4n) is 3.50. The number of unbranched alkanes of at least 4 members (excludes halogenated alkanes) is 1. The van der Waals surface area contributed by atoms with Crippen molar-refractivity contribution in [1.82, 2.24) is 15.1 Å². The summed E-state index contributed by atoms with van der Waals surface area (Å²) in [6.45, 7) is 11.6. The summed E-state index contributed by atoms with van der Waals surface area (Å²) in [6, 6.07) is 0.386. The molecule has 0 aromatic carbocycles. The van der Waals surface area contributed by atoms with Crippen LogP contribution in [0.5, 0.6) is 0 Å². The zero-order valence-corrected chi connectivity index (χ0v) is 14.0. The molecule has 0 aromatic rings. The topological polar surface area (TPSA) is 27.7 Å². The van der Waals surface area contributed by atoms with Crippen LogP contribution in [0.4, 0.5) is 0 Å². The number of hydrogen-bond acceptors (Lipinski definition) is 4. The van der Waals surface area contributed by atoms with Gasteiger partial charge in [0.05, 0.1) is 19.3 Å². The molecule has 1 aliphatic carbocycles. The van der Waals surface area contributed by atoms with Gasteiger partial charge in [-0.3, -0.25) is 4.90 Å². The molecule has 0 amide bonds. The number of ether oxygens (including phenoxy) is 1. The van der Waals surface area contributed by atoms with Crippen LogP contribution in [-0.2, 0) is 4.74 Å². The highest BCUT2D eigenvalue weighted by Crippen LogP contribution is 2.27. The summed E-state index contributed by atoms with van der Waals surface area (Å²) in [5.74, 6) is 1.36. The summed E-state index contributed by atoms with van der Waals surface area (Å²) < 4.78 is 5.52. The maximum atomic E-state index is 5.52. The Labute approximate surface area is 134 Å². The summed E-state index contributed by atoms with van der Waals surface area (Å²) in [7, 11) is 0. The summed E-state index contributed by atoms with van der Waals surface area (Å²) in [5, 5.41) is 3.64. The van der Waals surface area contributed by atoms with E-state index in [4.69, 9.17) is 4.74 Å². The van der Waals surface area contributed by atoms with Crippen molar-refractivity contribution in [3.63, 3.8) is 0 Å². The molecule has 1 atom stereocenters. The number of nitrogens with zero attached hydrogens (tertiary/aromatic N) is 2. The van der Waals surface area contributed by atoms with Crippen LogP contribution in [0, 0.1) is 0 Å². The molecule has 2 fully saturated rings. The van der Waals surface area contributed by atoms with Gasteiger partial charge in [0.2, 0.25) is 0 Å². The Hall–Kier alpha value is -1.26. The van der Waals surface area contributed by atoms with Crippen LogP contribution < -0.4 is 5.32 Å². The van der Waals surface area contributed by atoms with Gasteiger partial charge in [-0.15, -0.1) is 0 Å². The van der Waals surface area contributed by atoms with Gasteiger partial charge >= 0.3 is 0 Å². The molecule has 3 aliphatic rings. The van der Waals surface area contributed by atoms with Crippen LogP contribution in [0.2, 0.25) is 0 Å². The van der Waals surface area contributed by atoms with Gasteiger partial charge in [0.25, 0.3) is 0 Å². The van der Waals surface area contributed by atoms with E-state index in [0.29, 0.717) is 6.04 Å². The molecule has 0 radical (unpaired) electrons. The molecule has 22 heavy (non-hydrogen) atoms. The Morgan fingerprint density at radius 1 is 1.27 bits per heavy atom. The number of morpholine rings is 1. The second kappa shape index (κ2) is 7.34. The first-order valence-electron chi connectivity index (χ1n) is 8.71. The van der Waals surface area contributed by atoms with Crippen molar-refractivity contribution in [3.05, 3.63) is 35.2 Å². The van der Waals surface area contributed by atoms with Gasteiger partial charge in [0.1, 0.15) is 5.82 Å². The van der Waals surface area contributed by atoms with E-state index < -0.39 is 0 Å². The summed E-state index contributed by atoms with van der Waals surface area (Å²) in [4.78, 5) is 5.08. The molecule has 4 heteroatoms. The van der Waals surface area contributed by atoms with Gasteiger partial charge in [0.15, 0.2) is 0 Å². The van der Waals surface area contributed by atoms with Crippen molar-refractivity contribution in [2.24, 2.45) is 0 Å². The van der Waals surface area contributed by atoms with Crippen molar-refractivity contribution < 1.29 is 4.74 Å². The molecular weight excluding hydrogens is 274 g/mol. The predicted octanol–water partition coefficient (Wildman–Crippen LogP) is 2.12. The van der Waals surface area contributed by atoms with Crippen molar-refractivity contribution in [3.8, 4) is 0 Å². The van der Waals surface area contributed by atoms with Crippen LogP contribution in [0.15, 0.2) is 35.2 Å². The molecular formula is C18H29N3O. The Morgan fingerprint density at radius 3 is 2.86 bits per heavy atom. The third-order valence-electron chi connectivity index (χ3n) is 4.73. The normalized spacial score (nSPS) is 29.6. The van der Waals surface area contributed by atoms with Gasteiger partial charge in [-0.1, -0.05) is 37.1 Å². The Balaban J connectivity index is 1.85. The molecule has 0 aromatic heterocycles. The van der Waals surface area contributed by atoms with E-state index in [2.05, 4.69) is 47.2 Å². The van der Waals surface area contributed by atoms with Crippen molar-refractivity contribution >= 4 is 0 Å². The molecule has 2 aliphatic heterocycles. The second-order valence-corrected chi connectivity index (χ2v) is 6.41. The van der Waals surface area contributed by atoms with Gasteiger partial charge in [-0.25, -0.2) is 0 Å². The average molecular weight is 303 g/mol. The standard InChI is InChI=1S/C18H29N3O/c1-3-4-8-21-9-7-19-18(21)16-14-15(2)5-6-17(16)20-10-12-22-13-11-20/h5-6,14,17,19H,3-4,7-13H2,1-2H3/b18-16+. The fraction of sp³-hybridized carbons (Fsp3) is 0.667. The van der Waals surface area contributed by atoms with Crippen molar-refractivity contribution in [1.29, 1.82) is 0 Å². The average Bonchev–Trinajstić information content (AvgIpc) is 3.02. The molecule has 1 unspecified atom stereocenters. The Morgan fingerprint density at radius 2 is 2.09 bits per heavy atom. The third kappa shape index (κ3) is 3.39. The lowest BCUT2D eigenvalue weighted by molar-refractivity contribution is 0.0312. The highest BCUT2D eigenvalue weighted by atomic mass is 16.5. The first kappa shape index (κ1) is 15.6. The van der Waals surface area contributed by atoms with Gasteiger partial charge < -0.3 is 15.0 Å². The van der Waals surface area contributed by atoms with Crippen molar-refractivity contribution in [2.75, 3.05) is 45.9 Å². The van der Waals surface area contributed by atoms with E-state index in [9.17, 15) is 0 Å². The van der Waals surface area contributed by atoms with E-state index in [0.717, 1.165) is 45.9 Å². The van der Waals surface area contributed by atoms with E-state index >= 15 is 0 Å². The minimum Gasteiger partial charge on any atom is -0.379 e. The molecule has 2 heterocycles. The predicted molar refractivity (Wildman–Crippen MR) is 90.6 cm³/mol. The molecule has 3 rings (SSSR count). The quantitative estimate of drug-likeness (QED) is 0.861. The number of nitrogens with one attached hydrogen (secondary N) is 1. The minimum atomic E-state index is 0.386. The summed E-state index contributed by atoms with van der Waals surface area (Å²) in [5.41, 5.74) is 2.78. The lowest BCUT2D eigenvalue weighted by atomic mass is 9.95. The van der Waals surface area contributed by atoms with Crippen LogP contribution in [0.1, 0.15) is 26.7 Å². The van der Waals surface area contributed by atoms with Crippen LogP contribution in [0.3, 0.4) is 0 Å². The molecule has 0 spiro atoms. The number of hydrogen-bond donors (Lipinski definition) is 1. The first-order valence-corrected chi connectivity index (χ1v) is 8.71. The molecule has 2 saturated heterocycles. The summed E-state index contributed by atoms with van der Waals surface area (Å²) in [6.07, 6.45) is 9.50. The van der Waals surface area contributed by atoms with Gasteiger partial charge in [0, 0.05) is 38.3 Å². The Bertz CT molecular complexity index is 475. The van der Waals surface area contributed by atoms with Crippen LogP contribution in [-0.4, -0.2) is 61.8 Å². The highest BCUT2D eigenvalue weighted by molar-refractivity contribution is 5.43. The maximum Gasteiger partial charge on any atom is 0.107 e. The van der Waals surface area contributed by atoms with Crippen LogP contribution in [0.25, 0.3) is 0 Å². The first-order chi connectivity index (χ1) is 10.8. The molecule has 0 saturated carbocycles. The van der Waals surface area contributed by atoms with Crippen LogP contribution >= 0.6 is 0 Å². The Kier molecular flexibility index (Phi) is 5.21. The zero-order chi connectivity index (χ0) is 15.4. The van der Waals surface area contributed by atoms with E-state index in [1.54, 1.807) is 0 Å². The second-order valence-electron chi connectivity index (χ2n) is 6.41. The SMILES string of the molecule is CCCCN1CCN/C1=C1/C=C(C)C=CC1N1CCOCC1. The molecule has 1 N–H and O–H groups in total. The lowest BCUT2D eigenvalue weighted by Gasteiger charge is -2.36. The van der Waals surface area contributed by atoms with E-state index in [-0.39, 0.29) is 0 Å². The highest BCUT2D eigenvalue weighted by Gasteiger charge is 2.28. The van der Waals surface area contributed by atoms with Gasteiger partial charge in [-0.2, -0.15) is 0 Å². The lowest BCUT2D eigenvalue weighted by Crippen LogP contribution is -2.45. The smallest absolute Gasteiger partial charge is 0.107 e. The number of allylic oxidation sites excluding steroid dienone is 2. The monoisotopic (exact) mass is 303 g/mol.